The number of amides is 1. The number of halogens is 1. The molecule has 0 fully saturated rings. The zero-order chi connectivity index (χ0) is 28.8. The van der Waals surface area contributed by atoms with Crippen LogP contribution in [0, 0.1) is 5.41 Å². The molecule has 0 spiro atoms. The zero-order valence-electron chi connectivity index (χ0n) is 22.4. The van der Waals surface area contributed by atoms with E-state index in [4.69, 9.17) is 36.0 Å². The van der Waals surface area contributed by atoms with Gasteiger partial charge in [0.15, 0.2) is 28.8 Å². The van der Waals surface area contributed by atoms with E-state index in [1.807, 2.05) is 61.5 Å². The number of methoxy groups -OCH3 is 1. The van der Waals surface area contributed by atoms with Crippen molar-refractivity contribution in [3.05, 3.63) is 88.5 Å². The molecule has 3 aromatic carbocycles. The summed E-state index contributed by atoms with van der Waals surface area (Å²) in [6.45, 7) is 2.67. The number of carbonyl (C=O) groups is 1. The highest BCUT2D eigenvalue weighted by atomic mass is 35.5. The second-order valence-electron chi connectivity index (χ2n) is 8.79. The van der Waals surface area contributed by atoms with Gasteiger partial charge in [0.25, 0.3) is 5.91 Å². The number of nitrogens with one attached hydrogen (secondary N) is 1. The molecule has 1 N–H and O–H groups in total. The van der Waals surface area contributed by atoms with Crippen molar-refractivity contribution in [2.24, 2.45) is 10.1 Å². The van der Waals surface area contributed by atoms with Crippen molar-refractivity contribution < 1.29 is 23.7 Å². The molecule has 0 atom stereocenters. The maximum atomic E-state index is 12.9. The average molecular weight is 591 g/mol. The van der Waals surface area contributed by atoms with Crippen molar-refractivity contribution in [3.8, 4) is 23.0 Å². The van der Waals surface area contributed by atoms with Crippen LogP contribution >= 0.6 is 23.4 Å². The first-order valence-corrected chi connectivity index (χ1v) is 14.0. The summed E-state index contributed by atoms with van der Waals surface area (Å²) in [5.74, 6) is 1.42. The third-order valence-electron chi connectivity index (χ3n) is 5.99. The van der Waals surface area contributed by atoms with Crippen LogP contribution in [0.3, 0.4) is 0 Å². The molecule has 0 radical (unpaired) electrons. The lowest BCUT2D eigenvalue weighted by atomic mass is 10.1. The number of hydrogen-bond donors (Lipinski definition) is 1. The molecule has 210 valence electrons. The summed E-state index contributed by atoms with van der Waals surface area (Å²) in [7, 11) is 1.58. The predicted octanol–water partition coefficient (Wildman–Crippen LogP) is 6.07. The van der Waals surface area contributed by atoms with E-state index in [1.54, 1.807) is 25.3 Å². The van der Waals surface area contributed by atoms with Crippen molar-refractivity contribution in [2.75, 3.05) is 26.9 Å². The van der Waals surface area contributed by atoms with Crippen LogP contribution in [0.25, 0.3) is 6.08 Å². The Hall–Kier alpha value is -4.28. The molecule has 1 amide bonds. The first-order chi connectivity index (χ1) is 20.0. The van der Waals surface area contributed by atoms with Crippen LogP contribution in [0.2, 0.25) is 5.02 Å². The lowest BCUT2D eigenvalue weighted by Gasteiger charge is -2.20. The summed E-state index contributed by atoms with van der Waals surface area (Å²) in [4.78, 5) is 17.1. The molecule has 0 unspecified atom stereocenters. The number of benzene rings is 3. The number of thioether (sulfide) groups is 1. The van der Waals surface area contributed by atoms with Gasteiger partial charge in [0.2, 0.25) is 5.17 Å². The highest BCUT2D eigenvalue weighted by Gasteiger charge is 2.35. The molecule has 0 aromatic heterocycles. The number of fused-ring (bicyclic) bond motifs is 1. The minimum Gasteiger partial charge on any atom is -0.493 e. The van der Waals surface area contributed by atoms with Crippen molar-refractivity contribution in [1.29, 1.82) is 5.41 Å². The maximum absolute atomic E-state index is 12.9. The number of rotatable bonds is 11. The Bertz CT molecular complexity index is 1560. The van der Waals surface area contributed by atoms with E-state index in [0.717, 1.165) is 10.6 Å². The number of para-hydroxylation sites is 2. The van der Waals surface area contributed by atoms with E-state index in [9.17, 15) is 4.79 Å². The lowest BCUT2D eigenvalue weighted by Crippen LogP contribution is -2.35. The van der Waals surface area contributed by atoms with Crippen LogP contribution in [-0.4, -0.2) is 53.9 Å². The summed E-state index contributed by atoms with van der Waals surface area (Å²) in [6, 6.07) is 20.6. The Kier molecular flexibility index (Phi) is 8.91. The number of ether oxygens (including phenoxy) is 4. The molecule has 5 rings (SSSR count). The number of aliphatic imine (C=N–C) groups is 1. The fourth-order valence-electron chi connectivity index (χ4n) is 4.15. The molecule has 41 heavy (non-hydrogen) atoms. The van der Waals surface area contributed by atoms with E-state index in [0.29, 0.717) is 51.8 Å². The lowest BCUT2D eigenvalue weighted by molar-refractivity contribution is -0.114. The molecule has 2 aliphatic heterocycles. The summed E-state index contributed by atoms with van der Waals surface area (Å²) >= 11 is 7.88. The van der Waals surface area contributed by atoms with Gasteiger partial charge < -0.3 is 18.9 Å². The van der Waals surface area contributed by atoms with Crippen molar-refractivity contribution in [2.45, 2.75) is 13.3 Å². The third kappa shape index (κ3) is 6.55. The highest BCUT2D eigenvalue weighted by molar-refractivity contribution is 8.26. The van der Waals surface area contributed by atoms with Gasteiger partial charge in [-0.15, -0.1) is 0 Å². The molecule has 0 aliphatic carbocycles. The Morgan fingerprint density at radius 3 is 2.46 bits per heavy atom. The van der Waals surface area contributed by atoms with Crippen LogP contribution in [0.1, 0.15) is 18.1 Å². The zero-order valence-corrected chi connectivity index (χ0v) is 24.0. The molecular formula is C30H27ClN4O5S. The van der Waals surface area contributed by atoms with Gasteiger partial charge in [-0.2, -0.15) is 15.1 Å². The quantitative estimate of drug-likeness (QED) is 0.213. The van der Waals surface area contributed by atoms with E-state index < -0.39 is 5.91 Å². The predicted molar refractivity (Wildman–Crippen MR) is 162 cm³/mol. The Morgan fingerprint density at radius 2 is 1.71 bits per heavy atom. The SMILES string of the molecule is CCOc1cc(/C=C2\C(=N)N3N=C(Cc4ccccc4)SC3=NC2=O)cc(Cl)c1OCCOc1ccccc1OC. The molecule has 0 saturated carbocycles. The highest BCUT2D eigenvalue weighted by Crippen LogP contribution is 2.38. The normalized spacial score (nSPS) is 15.4. The summed E-state index contributed by atoms with van der Waals surface area (Å²) < 4.78 is 22.8. The van der Waals surface area contributed by atoms with Crippen LogP contribution in [0.5, 0.6) is 23.0 Å². The summed E-state index contributed by atoms with van der Waals surface area (Å²) in [5, 5.41) is 16.0. The number of nitrogens with zero attached hydrogens (tertiary/aromatic N) is 3. The monoisotopic (exact) mass is 590 g/mol. The van der Waals surface area contributed by atoms with Gasteiger partial charge in [-0.1, -0.05) is 54.1 Å². The molecular weight excluding hydrogens is 564 g/mol. The standard InChI is InChI=1S/C30H27ClN4O5S/c1-3-38-25-17-20(16-22(31)27(25)40-14-13-39-24-12-8-7-11-23(24)37-2)15-21-28(32)35-30(33-29(21)36)41-26(34-35)18-19-9-5-4-6-10-19/h4-12,15-17,32H,3,13-14,18H2,1-2H3/b21-15+,32-28?. The van der Waals surface area contributed by atoms with E-state index in [2.05, 4.69) is 10.1 Å². The van der Waals surface area contributed by atoms with E-state index in [1.165, 1.54) is 16.8 Å². The Morgan fingerprint density at radius 1 is 0.976 bits per heavy atom. The fourth-order valence-corrected chi connectivity index (χ4v) is 5.34. The number of hydrazone groups is 1. The molecule has 0 bridgehead atoms. The van der Waals surface area contributed by atoms with Gasteiger partial charge in [-0.05, 0) is 60.2 Å². The summed E-state index contributed by atoms with van der Waals surface area (Å²) in [6.07, 6.45) is 2.14. The Labute approximate surface area is 246 Å². The number of carbonyl (C=O) groups excluding carboxylic acids is 1. The minimum atomic E-state index is -0.521. The van der Waals surface area contributed by atoms with Gasteiger partial charge in [0.05, 0.1) is 24.3 Å². The smallest absolute Gasteiger partial charge is 0.283 e. The van der Waals surface area contributed by atoms with Crippen LogP contribution in [0.4, 0.5) is 0 Å². The molecule has 9 nitrogen and oxygen atoms in total. The van der Waals surface area contributed by atoms with Gasteiger partial charge in [-0.3, -0.25) is 10.2 Å². The van der Waals surface area contributed by atoms with Gasteiger partial charge in [-0.25, -0.2) is 0 Å². The second kappa shape index (κ2) is 12.9. The minimum absolute atomic E-state index is 0.0570. The number of hydrogen-bond acceptors (Lipinski definition) is 8. The second-order valence-corrected chi connectivity index (χ2v) is 10.2. The Balaban J connectivity index is 1.31. The maximum Gasteiger partial charge on any atom is 0.283 e. The van der Waals surface area contributed by atoms with Crippen LogP contribution < -0.4 is 18.9 Å². The van der Waals surface area contributed by atoms with Crippen molar-refractivity contribution >= 4 is 51.4 Å². The molecule has 2 heterocycles. The van der Waals surface area contributed by atoms with Crippen LogP contribution in [-0.2, 0) is 11.2 Å². The average Bonchev–Trinajstić information content (AvgIpc) is 3.37. The van der Waals surface area contributed by atoms with Gasteiger partial charge >= 0.3 is 0 Å². The topological polar surface area (TPSA) is 106 Å². The molecule has 0 saturated heterocycles. The van der Waals surface area contributed by atoms with Gasteiger partial charge in [0.1, 0.15) is 18.3 Å². The fraction of sp³-hybridized carbons (Fsp3) is 0.200. The first-order valence-electron chi connectivity index (χ1n) is 12.8. The van der Waals surface area contributed by atoms with Gasteiger partial charge in [0, 0.05) is 6.42 Å². The van der Waals surface area contributed by atoms with E-state index >= 15 is 0 Å². The largest absolute Gasteiger partial charge is 0.493 e. The van der Waals surface area contributed by atoms with Crippen LogP contribution in [0.15, 0.2) is 82.4 Å². The first kappa shape index (κ1) is 28.3. The molecule has 11 heteroatoms. The third-order valence-corrected chi connectivity index (χ3v) is 7.18. The molecule has 3 aromatic rings. The molecule has 2 aliphatic rings. The summed E-state index contributed by atoms with van der Waals surface area (Å²) in [5.41, 5.74) is 1.74. The van der Waals surface area contributed by atoms with Crippen molar-refractivity contribution in [3.63, 3.8) is 0 Å². The number of amidine groups is 2. The van der Waals surface area contributed by atoms with Crippen molar-refractivity contribution in [1.82, 2.24) is 5.01 Å². The van der Waals surface area contributed by atoms with E-state index in [-0.39, 0.29) is 24.6 Å².